The van der Waals surface area contributed by atoms with Crippen LogP contribution in [0.4, 0.5) is 0 Å². The molecule has 0 saturated heterocycles. The van der Waals surface area contributed by atoms with Crippen LogP contribution in [0.25, 0.3) is 0 Å². The van der Waals surface area contributed by atoms with Crippen molar-refractivity contribution in [1.29, 1.82) is 0 Å². The van der Waals surface area contributed by atoms with E-state index < -0.39 is 0 Å². The van der Waals surface area contributed by atoms with Crippen molar-refractivity contribution in [3.63, 3.8) is 0 Å². The average Bonchev–Trinajstić information content (AvgIpc) is 2.61. The summed E-state index contributed by atoms with van der Waals surface area (Å²) < 4.78 is 0. The van der Waals surface area contributed by atoms with Gasteiger partial charge in [-0.2, -0.15) is 0 Å². The number of hydrogen-bond donors (Lipinski definition) is 0. The smallest absolute Gasteiger partial charge is 0.170 e. The van der Waals surface area contributed by atoms with Gasteiger partial charge in [-0.05, 0) is 17.9 Å². The normalized spacial score (nSPS) is 21.0. The van der Waals surface area contributed by atoms with E-state index in [4.69, 9.17) is 0 Å². The minimum atomic E-state index is -0.0474. The van der Waals surface area contributed by atoms with Crippen LogP contribution in [-0.4, -0.2) is 11.7 Å². The number of Topliss-reactive ketones (excluding diaryl/α,β-unsaturated/α-hetero) is 1. The average molecular weight is 186 g/mol. The Morgan fingerprint density at radius 2 is 1.86 bits per heavy atom. The lowest BCUT2D eigenvalue weighted by Crippen LogP contribution is -1.93. The molecule has 1 saturated carbocycles. The lowest BCUT2D eigenvalue weighted by Gasteiger charge is -2.06. The first kappa shape index (κ1) is 8.92. The van der Waals surface area contributed by atoms with Gasteiger partial charge in [0.25, 0.3) is 0 Å². The lowest BCUT2D eigenvalue weighted by molar-refractivity contribution is -0.114. The standard InChI is InChI=1S/C12H10O2/c13-8-11-6-10(7-12(11)14)9-4-2-1-3-5-9/h1-5,10H,6-7H2. The Hall–Kier alpha value is -1.66. The van der Waals surface area contributed by atoms with Crippen molar-refractivity contribution >= 4 is 11.7 Å². The van der Waals surface area contributed by atoms with E-state index >= 15 is 0 Å². The molecule has 2 heteroatoms. The zero-order valence-corrected chi connectivity index (χ0v) is 7.69. The van der Waals surface area contributed by atoms with E-state index in [1.165, 1.54) is 0 Å². The second-order valence-electron chi connectivity index (χ2n) is 3.52. The van der Waals surface area contributed by atoms with Crippen LogP contribution < -0.4 is 0 Å². The molecule has 1 aliphatic carbocycles. The summed E-state index contributed by atoms with van der Waals surface area (Å²) in [6.07, 6.45) is 1.00. The van der Waals surface area contributed by atoms with Gasteiger partial charge in [-0.25, -0.2) is 4.79 Å². The summed E-state index contributed by atoms with van der Waals surface area (Å²) >= 11 is 0. The maximum atomic E-state index is 11.3. The molecule has 1 aromatic rings. The molecule has 1 unspecified atom stereocenters. The molecular formula is C12H10O2. The second kappa shape index (κ2) is 3.60. The highest BCUT2D eigenvalue weighted by atomic mass is 16.1. The number of hydrogen-bond acceptors (Lipinski definition) is 2. The fraction of sp³-hybridized carbons (Fsp3) is 0.250. The number of carbonyl (C=O) groups excluding carboxylic acids is 2. The highest BCUT2D eigenvalue weighted by Gasteiger charge is 2.28. The molecule has 1 aliphatic rings. The molecule has 0 aliphatic heterocycles. The topological polar surface area (TPSA) is 34.1 Å². The van der Waals surface area contributed by atoms with Gasteiger partial charge < -0.3 is 0 Å². The van der Waals surface area contributed by atoms with E-state index in [0.717, 1.165) is 5.56 Å². The molecule has 1 aromatic carbocycles. The van der Waals surface area contributed by atoms with Crippen LogP contribution >= 0.6 is 0 Å². The summed E-state index contributed by atoms with van der Waals surface area (Å²) in [6.45, 7) is 0. The van der Waals surface area contributed by atoms with Crippen LogP contribution in [0.2, 0.25) is 0 Å². The number of rotatable bonds is 1. The molecule has 0 heterocycles. The molecule has 14 heavy (non-hydrogen) atoms. The van der Waals surface area contributed by atoms with Crippen LogP contribution in [0.1, 0.15) is 24.3 Å². The van der Waals surface area contributed by atoms with E-state index in [-0.39, 0.29) is 11.7 Å². The van der Waals surface area contributed by atoms with E-state index in [0.29, 0.717) is 18.4 Å². The molecule has 70 valence electrons. The number of allylic oxidation sites excluding steroid dienone is 1. The van der Waals surface area contributed by atoms with Gasteiger partial charge in [0, 0.05) is 6.42 Å². The summed E-state index contributed by atoms with van der Waals surface area (Å²) in [6, 6.07) is 9.82. The van der Waals surface area contributed by atoms with Crippen LogP contribution in [0.15, 0.2) is 35.9 Å². The number of ketones is 1. The van der Waals surface area contributed by atoms with Crippen molar-refractivity contribution in [2.24, 2.45) is 0 Å². The van der Waals surface area contributed by atoms with Crippen molar-refractivity contribution in [3.05, 3.63) is 41.5 Å². The molecule has 0 radical (unpaired) electrons. The highest BCUT2D eigenvalue weighted by molar-refractivity contribution is 6.04. The first-order chi connectivity index (χ1) is 6.81. The van der Waals surface area contributed by atoms with E-state index in [1.54, 1.807) is 5.94 Å². The lowest BCUT2D eigenvalue weighted by atomic mass is 9.98. The van der Waals surface area contributed by atoms with Gasteiger partial charge in [-0.1, -0.05) is 30.3 Å². The Morgan fingerprint density at radius 1 is 1.14 bits per heavy atom. The predicted octanol–water partition coefficient (Wildman–Crippen LogP) is 1.89. The van der Waals surface area contributed by atoms with Crippen LogP contribution in [0.3, 0.4) is 0 Å². The molecule has 0 amide bonds. The van der Waals surface area contributed by atoms with Gasteiger partial charge in [-0.3, -0.25) is 4.79 Å². The quantitative estimate of drug-likeness (QED) is 0.495. The Kier molecular flexibility index (Phi) is 2.30. The van der Waals surface area contributed by atoms with E-state index in [9.17, 15) is 9.59 Å². The van der Waals surface area contributed by atoms with Crippen LogP contribution in [-0.2, 0) is 9.59 Å². The summed E-state index contributed by atoms with van der Waals surface area (Å²) in [5.74, 6) is 1.86. The van der Waals surface area contributed by atoms with Gasteiger partial charge in [-0.15, -0.1) is 0 Å². The maximum Gasteiger partial charge on any atom is 0.170 e. The largest absolute Gasteiger partial charge is 0.294 e. The molecule has 1 fully saturated rings. The van der Waals surface area contributed by atoms with Crippen molar-refractivity contribution in [2.75, 3.05) is 0 Å². The first-order valence-corrected chi connectivity index (χ1v) is 4.63. The maximum absolute atomic E-state index is 11.3. The summed E-state index contributed by atoms with van der Waals surface area (Å²) in [5, 5.41) is 0. The van der Waals surface area contributed by atoms with Gasteiger partial charge >= 0.3 is 0 Å². The first-order valence-electron chi connectivity index (χ1n) is 4.63. The van der Waals surface area contributed by atoms with Gasteiger partial charge in [0.1, 0.15) is 5.94 Å². The van der Waals surface area contributed by atoms with Crippen LogP contribution in [0, 0.1) is 0 Å². The molecule has 0 aromatic heterocycles. The van der Waals surface area contributed by atoms with Crippen molar-refractivity contribution in [2.45, 2.75) is 18.8 Å². The molecule has 2 nitrogen and oxygen atoms in total. The molecule has 0 N–H and O–H groups in total. The summed E-state index contributed by atoms with van der Waals surface area (Å²) in [4.78, 5) is 21.7. The Bertz CT molecular complexity index is 400. The second-order valence-corrected chi connectivity index (χ2v) is 3.52. The fourth-order valence-corrected chi connectivity index (χ4v) is 1.84. The Morgan fingerprint density at radius 3 is 2.43 bits per heavy atom. The third-order valence-electron chi connectivity index (χ3n) is 2.61. The van der Waals surface area contributed by atoms with Crippen molar-refractivity contribution in [1.82, 2.24) is 0 Å². The van der Waals surface area contributed by atoms with E-state index in [2.05, 4.69) is 0 Å². The predicted molar refractivity (Wildman–Crippen MR) is 52.6 cm³/mol. The van der Waals surface area contributed by atoms with Gasteiger partial charge in [0.2, 0.25) is 0 Å². The summed E-state index contributed by atoms with van der Waals surface area (Å²) in [5.41, 5.74) is 1.45. The summed E-state index contributed by atoms with van der Waals surface area (Å²) in [7, 11) is 0. The molecule has 1 atom stereocenters. The minimum absolute atomic E-state index is 0.0474. The van der Waals surface area contributed by atoms with Gasteiger partial charge in [0.15, 0.2) is 5.78 Å². The Labute approximate surface area is 82.2 Å². The highest BCUT2D eigenvalue weighted by Crippen LogP contribution is 2.33. The SMILES string of the molecule is O=C=C1CC(c2ccccc2)CC1=O. The third-order valence-corrected chi connectivity index (χ3v) is 2.61. The Balaban J connectivity index is 2.25. The van der Waals surface area contributed by atoms with Gasteiger partial charge in [0.05, 0.1) is 5.57 Å². The zero-order chi connectivity index (χ0) is 9.97. The van der Waals surface area contributed by atoms with Crippen molar-refractivity contribution < 1.29 is 9.59 Å². The zero-order valence-electron chi connectivity index (χ0n) is 7.69. The third kappa shape index (κ3) is 1.52. The monoisotopic (exact) mass is 186 g/mol. The van der Waals surface area contributed by atoms with Crippen molar-refractivity contribution in [3.8, 4) is 0 Å². The molecule has 2 rings (SSSR count). The number of carbonyl (C=O) groups is 1. The molecule has 0 bridgehead atoms. The van der Waals surface area contributed by atoms with Crippen LogP contribution in [0.5, 0.6) is 0 Å². The van der Waals surface area contributed by atoms with E-state index in [1.807, 2.05) is 30.3 Å². The minimum Gasteiger partial charge on any atom is -0.294 e. The fourth-order valence-electron chi connectivity index (χ4n) is 1.84. The molecular weight excluding hydrogens is 176 g/mol. The molecule has 0 spiro atoms. The number of benzene rings is 1.